The van der Waals surface area contributed by atoms with Crippen LogP contribution >= 0.6 is 0 Å². The van der Waals surface area contributed by atoms with Gasteiger partial charge in [-0.1, -0.05) is 12.1 Å². The number of hydrogen-bond acceptors (Lipinski definition) is 6. The van der Waals surface area contributed by atoms with Gasteiger partial charge >= 0.3 is 23.9 Å². The summed E-state index contributed by atoms with van der Waals surface area (Å²) in [6.45, 7) is 3.20. The fraction of sp³-hybridized carbons (Fsp3) is 0.200. The van der Waals surface area contributed by atoms with Gasteiger partial charge in [0.25, 0.3) is 0 Å². The SMILES string of the molecule is COC(=O)c1ccccc1C(=O)OC.Cc1c(C(=O)O)ccc(C(=O)O)c1C. The van der Waals surface area contributed by atoms with Gasteiger partial charge in [0, 0.05) is 0 Å². The summed E-state index contributed by atoms with van der Waals surface area (Å²) in [6.07, 6.45) is 0. The molecule has 0 amide bonds. The van der Waals surface area contributed by atoms with E-state index in [9.17, 15) is 19.2 Å². The van der Waals surface area contributed by atoms with Gasteiger partial charge in [-0.05, 0) is 49.2 Å². The second kappa shape index (κ2) is 9.86. The maximum atomic E-state index is 11.2. The van der Waals surface area contributed by atoms with Gasteiger partial charge in [0.2, 0.25) is 0 Å². The van der Waals surface area contributed by atoms with Crippen molar-refractivity contribution in [1.82, 2.24) is 0 Å². The summed E-state index contributed by atoms with van der Waals surface area (Å²) in [5.41, 5.74) is 1.71. The minimum absolute atomic E-state index is 0.146. The van der Waals surface area contributed by atoms with Crippen LogP contribution in [0.25, 0.3) is 0 Å². The van der Waals surface area contributed by atoms with E-state index in [1.54, 1.807) is 26.0 Å². The van der Waals surface area contributed by atoms with E-state index in [-0.39, 0.29) is 22.3 Å². The third kappa shape index (κ3) is 5.16. The molecule has 0 heterocycles. The first-order chi connectivity index (χ1) is 13.1. The molecule has 0 radical (unpaired) electrons. The summed E-state index contributed by atoms with van der Waals surface area (Å²) in [4.78, 5) is 43.9. The molecule has 0 aliphatic heterocycles. The Bertz CT molecular complexity index is 840. The van der Waals surface area contributed by atoms with Gasteiger partial charge in [-0.3, -0.25) is 0 Å². The third-order valence-electron chi connectivity index (χ3n) is 3.99. The topological polar surface area (TPSA) is 127 Å². The van der Waals surface area contributed by atoms with E-state index in [0.717, 1.165) is 0 Å². The van der Waals surface area contributed by atoms with Gasteiger partial charge in [0.05, 0.1) is 36.5 Å². The number of ether oxygens (including phenoxy) is 2. The van der Waals surface area contributed by atoms with Gasteiger partial charge in [0.15, 0.2) is 0 Å². The highest BCUT2D eigenvalue weighted by molar-refractivity contribution is 6.03. The molecule has 0 bridgehead atoms. The number of hydrogen-bond donors (Lipinski definition) is 2. The molecule has 2 aromatic carbocycles. The smallest absolute Gasteiger partial charge is 0.338 e. The summed E-state index contributed by atoms with van der Waals surface area (Å²) < 4.78 is 9.05. The second-order valence-electron chi connectivity index (χ2n) is 5.55. The molecule has 8 heteroatoms. The number of carboxylic acid groups (broad SMARTS) is 2. The Morgan fingerprint density at radius 2 is 0.964 bits per heavy atom. The first kappa shape index (κ1) is 22.4. The fourth-order valence-electron chi connectivity index (χ4n) is 2.34. The molecule has 0 aliphatic rings. The lowest BCUT2D eigenvalue weighted by Crippen LogP contribution is -2.11. The van der Waals surface area contributed by atoms with E-state index in [4.69, 9.17) is 10.2 Å². The van der Waals surface area contributed by atoms with Crippen LogP contribution in [0.2, 0.25) is 0 Å². The Kier molecular flexibility index (Phi) is 7.88. The number of esters is 2. The Balaban J connectivity index is 0.000000280. The van der Waals surface area contributed by atoms with E-state index >= 15 is 0 Å². The lowest BCUT2D eigenvalue weighted by molar-refractivity contribution is 0.0555. The maximum Gasteiger partial charge on any atom is 0.338 e. The van der Waals surface area contributed by atoms with E-state index in [2.05, 4.69) is 9.47 Å². The lowest BCUT2D eigenvalue weighted by Gasteiger charge is -2.07. The number of aromatic carboxylic acids is 2. The minimum Gasteiger partial charge on any atom is -0.478 e. The van der Waals surface area contributed by atoms with Crippen molar-refractivity contribution in [1.29, 1.82) is 0 Å². The highest BCUT2D eigenvalue weighted by Gasteiger charge is 2.17. The number of carboxylic acids is 2. The molecule has 0 aromatic heterocycles. The van der Waals surface area contributed by atoms with Crippen LogP contribution in [0.5, 0.6) is 0 Å². The molecular formula is C20H20O8. The summed E-state index contributed by atoms with van der Waals surface area (Å²) in [5, 5.41) is 17.5. The molecule has 8 nitrogen and oxygen atoms in total. The Labute approximate surface area is 161 Å². The Hall–Kier alpha value is -3.68. The number of methoxy groups -OCH3 is 2. The summed E-state index contributed by atoms with van der Waals surface area (Å²) in [6, 6.07) is 8.95. The normalized spacial score (nSPS) is 9.57. The molecule has 0 unspecified atom stereocenters. The monoisotopic (exact) mass is 388 g/mol. The molecule has 0 fully saturated rings. The van der Waals surface area contributed by atoms with Crippen LogP contribution in [-0.4, -0.2) is 48.3 Å². The summed E-state index contributed by atoms with van der Waals surface area (Å²) >= 11 is 0. The van der Waals surface area contributed by atoms with E-state index < -0.39 is 23.9 Å². The molecule has 2 aromatic rings. The predicted molar refractivity (Wildman–Crippen MR) is 99.0 cm³/mol. The van der Waals surface area contributed by atoms with Crippen molar-refractivity contribution < 1.29 is 38.9 Å². The fourth-order valence-corrected chi connectivity index (χ4v) is 2.34. The quantitative estimate of drug-likeness (QED) is 0.765. The molecule has 0 spiro atoms. The van der Waals surface area contributed by atoms with Crippen LogP contribution in [0.15, 0.2) is 36.4 Å². The van der Waals surface area contributed by atoms with Gasteiger partial charge in [-0.25, -0.2) is 19.2 Å². The van der Waals surface area contributed by atoms with Gasteiger partial charge < -0.3 is 19.7 Å². The maximum absolute atomic E-state index is 11.2. The average molecular weight is 388 g/mol. The van der Waals surface area contributed by atoms with E-state index in [0.29, 0.717) is 11.1 Å². The van der Waals surface area contributed by atoms with Crippen molar-refractivity contribution in [2.24, 2.45) is 0 Å². The van der Waals surface area contributed by atoms with Crippen molar-refractivity contribution in [3.05, 3.63) is 69.8 Å². The zero-order chi connectivity index (χ0) is 21.4. The molecule has 0 atom stereocenters. The molecule has 2 N–H and O–H groups in total. The van der Waals surface area contributed by atoms with Crippen molar-refractivity contribution >= 4 is 23.9 Å². The van der Waals surface area contributed by atoms with E-state index in [1.807, 2.05) is 0 Å². The zero-order valence-electron chi connectivity index (χ0n) is 15.8. The Morgan fingerprint density at radius 1 is 0.643 bits per heavy atom. The highest BCUT2D eigenvalue weighted by atomic mass is 16.5. The van der Waals surface area contributed by atoms with Gasteiger partial charge in [0.1, 0.15) is 0 Å². The van der Waals surface area contributed by atoms with Crippen molar-refractivity contribution in [2.75, 3.05) is 14.2 Å². The zero-order valence-corrected chi connectivity index (χ0v) is 15.8. The van der Waals surface area contributed by atoms with Crippen LogP contribution in [0.1, 0.15) is 52.6 Å². The number of benzene rings is 2. The van der Waals surface area contributed by atoms with Gasteiger partial charge in [-0.15, -0.1) is 0 Å². The van der Waals surface area contributed by atoms with Crippen molar-refractivity contribution in [3.63, 3.8) is 0 Å². The largest absolute Gasteiger partial charge is 0.478 e. The molecule has 28 heavy (non-hydrogen) atoms. The van der Waals surface area contributed by atoms with Crippen molar-refractivity contribution in [2.45, 2.75) is 13.8 Å². The molecule has 2 rings (SSSR count). The number of carbonyl (C=O) groups excluding carboxylic acids is 2. The summed E-state index contributed by atoms with van der Waals surface area (Å²) in [5.74, 6) is -3.18. The summed E-state index contributed by atoms with van der Waals surface area (Å²) in [7, 11) is 2.52. The number of carbonyl (C=O) groups is 4. The van der Waals surface area contributed by atoms with Crippen LogP contribution < -0.4 is 0 Å². The first-order valence-electron chi connectivity index (χ1n) is 7.98. The van der Waals surface area contributed by atoms with Crippen LogP contribution in [0, 0.1) is 13.8 Å². The first-order valence-corrected chi connectivity index (χ1v) is 7.98. The highest BCUT2D eigenvalue weighted by Crippen LogP contribution is 2.17. The molecule has 0 aliphatic carbocycles. The van der Waals surface area contributed by atoms with Crippen molar-refractivity contribution in [3.8, 4) is 0 Å². The van der Waals surface area contributed by atoms with Crippen LogP contribution in [-0.2, 0) is 9.47 Å². The minimum atomic E-state index is -1.04. The van der Waals surface area contributed by atoms with E-state index in [1.165, 1.54) is 38.5 Å². The average Bonchev–Trinajstić information content (AvgIpc) is 2.68. The predicted octanol–water partition coefficient (Wildman–Crippen LogP) is 2.96. The third-order valence-corrected chi connectivity index (χ3v) is 3.99. The van der Waals surface area contributed by atoms with Crippen LogP contribution in [0.4, 0.5) is 0 Å². The van der Waals surface area contributed by atoms with Gasteiger partial charge in [-0.2, -0.15) is 0 Å². The Morgan fingerprint density at radius 3 is 1.21 bits per heavy atom. The molecule has 148 valence electrons. The standard InChI is InChI=1S/2C10H10O4/c1-13-9(11)7-5-3-4-6-8(7)10(12)14-2;1-5-6(2)8(10(13)14)4-3-7(5)9(11)12/h3-6H,1-2H3;3-4H,1-2H3,(H,11,12)(H,13,14). The molecular weight excluding hydrogens is 368 g/mol. The molecule has 0 saturated heterocycles. The van der Waals surface area contributed by atoms with Crippen LogP contribution in [0.3, 0.4) is 0 Å². The second-order valence-corrected chi connectivity index (χ2v) is 5.55. The molecule has 0 saturated carbocycles. The lowest BCUT2D eigenvalue weighted by atomic mass is 9.98. The number of rotatable bonds is 4.